The number of hydrogen-bond donors (Lipinski definition) is 1. The van der Waals surface area contributed by atoms with Crippen molar-refractivity contribution in [1.82, 2.24) is 14.9 Å². The van der Waals surface area contributed by atoms with Crippen molar-refractivity contribution >= 4 is 11.7 Å². The second-order valence-corrected chi connectivity index (χ2v) is 6.67. The van der Waals surface area contributed by atoms with E-state index in [9.17, 15) is 4.79 Å². The van der Waals surface area contributed by atoms with Crippen LogP contribution in [0.4, 0.5) is 10.5 Å². The molecule has 3 aromatic rings. The predicted molar refractivity (Wildman–Crippen MR) is 115 cm³/mol. The highest BCUT2D eigenvalue weighted by atomic mass is 16.5. The summed E-state index contributed by atoms with van der Waals surface area (Å²) in [5.74, 6) is 0.487. The van der Waals surface area contributed by atoms with Crippen molar-refractivity contribution in [3.05, 3.63) is 84.3 Å². The Kier molecular flexibility index (Phi) is 8.17. The molecule has 0 saturated carbocycles. The van der Waals surface area contributed by atoms with E-state index in [0.717, 1.165) is 12.0 Å². The van der Waals surface area contributed by atoms with E-state index >= 15 is 0 Å². The number of nitrogens with one attached hydrogen (secondary N) is 1. The number of hydrogen-bond acceptors (Lipinski definition) is 5. The summed E-state index contributed by atoms with van der Waals surface area (Å²) in [5.41, 5.74) is 2.76. The van der Waals surface area contributed by atoms with Gasteiger partial charge in [0, 0.05) is 38.7 Å². The minimum absolute atomic E-state index is 0.190. The number of benzene rings is 1. The van der Waals surface area contributed by atoms with E-state index in [-0.39, 0.29) is 6.03 Å². The monoisotopic (exact) mass is 406 g/mol. The number of ether oxygens (including phenoxy) is 2. The average Bonchev–Trinajstić information content (AvgIpc) is 2.79. The minimum atomic E-state index is -0.190. The maximum absolute atomic E-state index is 13.0. The van der Waals surface area contributed by atoms with Gasteiger partial charge in [-0.3, -0.25) is 4.98 Å². The summed E-state index contributed by atoms with van der Waals surface area (Å²) in [4.78, 5) is 23.1. The zero-order chi connectivity index (χ0) is 21.0. The van der Waals surface area contributed by atoms with Crippen LogP contribution in [0.25, 0.3) is 0 Å². The molecule has 2 aromatic heterocycles. The maximum atomic E-state index is 13.0. The Morgan fingerprint density at radius 3 is 2.53 bits per heavy atom. The predicted octanol–water partition coefficient (Wildman–Crippen LogP) is 3.78. The molecule has 0 aliphatic rings. The van der Waals surface area contributed by atoms with E-state index in [2.05, 4.69) is 27.4 Å². The fraction of sp³-hybridized carbons (Fsp3) is 0.261. The molecule has 0 atom stereocenters. The molecule has 3 rings (SSSR count). The second kappa shape index (κ2) is 11.5. The van der Waals surface area contributed by atoms with Gasteiger partial charge < -0.3 is 19.7 Å². The SMILES string of the molecule is COCCOc1ccc(NC(=O)N(CCc2ccccc2)Cc2cccnc2)cn1. The summed E-state index contributed by atoms with van der Waals surface area (Å²) in [6.45, 7) is 1.97. The molecule has 0 radical (unpaired) electrons. The molecule has 0 bridgehead atoms. The standard InChI is InChI=1S/C23H26N4O3/c1-29-14-15-30-22-10-9-21(17-25-22)26-23(28)27(18-20-8-5-12-24-16-20)13-11-19-6-3-2-4-7-19/h2-10,12,16-17H,11,13-15,18H2,1H3,(H,26,28). The third-order valence-electron chi connectivity index (χ3n) is 4.42. The first-order valence-electron chi connectivity index (χ1n) is 9.81. The van der Waals surface area contributed by atoms with Crippen LogP contribution >= 0.6 is 0 Å². The Balaban J connectivity index is 1.63. The van der Waals surface area contributed by atoms with E-state index in [1.165, 1.54) is 5.56 Å². The summed E-state index contributed by atoms with van der Waals surface area (Å²) in [5, 5.41) is 2.92. The number of carbonyl (C=O) groups is 1. The smallest absolute Gasteiger partial charge is 0.322 e. The summed E-state index contributed by atoms with van der Waals surface area (Å²) in [6.07, 6.45) is 5.84. The molecule has 1 N–H and O–H groups in total. The molecule has 2 heterocycles. The van der Waals surface area contributed by atoms with Crippen LogP contribution in [0.2, 0.25) is 0 Å². The van der Waals surface area contributed by atoms with Crippen molar-refractivity contribution in [2.75, 3.05) is 32.2 Å². The Labute approximate surface area is 176 Å². The van der Waals surface area contributed by atoms with E-state index in [0.29, 0.717) is 37.9 Å². The van der Waals surface area contributed by atoms with Crippen molar-refractivity contribution < 1.29 is 14.3 Å². The third kappa shape index (κ3) is 6.86. The normalized spacial score (nSPS) is 10.4. The number of methoxy groups -OCH3 is 1. The highest BCUT2D eigenvalue weighted by molar-refractivity contribution is 5.89. The molecule has 156 valence electrons. The number of aromatic nitrogens is 2. The van der Waals surface area contributed by atoms with Crippen molar-refractivity contribution in [2.45, 2.75) is 13.0 Å². The summed E-state index contributed by atoms with van der Waals surface area (Å²) < 4.78 is 10.4. The highest BCUT2D eigenvalue weighted by Crippen LogP contribution is 2.14. The minimum Gasteiger partial charge on any atom is -0.475 e. The largest absolute Gasteiger partial charge is 0.475 e. The molecule has 0 aliphatic heterocycles. The molecular weight excluding hydrogens is 380 g/mol. The molecule has 0 spiro atoms. The van der Waals surface area contributed by atoms with Gasteiger partial charge in [-0.15, -0.1) is 0 Å². The van der Waals surface area contributed by atoms with Gasteiger partial charge in [-0.25, -0.2) is 9.78 Å². The van der Waals surface area contributed by atoms with Crippen LogP contribution < -0.4 is 10.1 Å². The maximum Gasteiger partial charge on any atom is 0.322 e. The molecule has 2 amide bonds. The van der Waals surface area contributed by atoms with Gasteiger partial charge in [-0.05, 0) is 29.7 Å². The summed E-state index contributed by atoms with van der Waals surface area (Å²) >= 11 is 0. The van der Waals surface area contributed by atoms with Gasteiger partial charge in [0.1, 0.15) is 6.61 Å². The van der Waals surface area contributed by atoms with Gasteiger partial charge in [0.15, 0.2) is 0 Å². The lowest BCUT2D eigenvalue weighted by Gasteiger charge is -2.23. The van der Waals surface area contributed by atoms with Gasteiger partial charge in [0.2, 0.25) is 5.88 Å². The van der Waals surface area contributed by atoms with Crippen molar-refractivity contribution in [1.29, 1.82) is 0 Å². The molecule has 7 heteroatoms. The van der Waals surface area contributed by atoms with Crippen LogP contribution in [-0.2, 0) is 17.7 Å². The lowest BCUT2D eigenvalue weighted by atomic mass is 10.1. The number of carbonyl (C=O) groups excluding carboxylic acids is 1. The van der Waals surface area contributed by atoms with Crippen molar-refractivity contribution in [3.8, 4) is 5.88 Å². The van der Waals surface area contributed by atoms with Crippen molar-refractivity contribution in [3.63, 3.8) is 0 Å². The Bertz CT molecular complexity index is 889. The van der Waals surface area contributed by atoms with E-state index in [1.54, 1.807) is 42.7 Å². The van der Waals surface area contributed by atoms with Crippen LogP contribution in [0, 0.1) is 0 Å². The third-order valence-corrected chi connectivity index (χ3v) is 4.42. The lowest BCUT2D eigenvalue weighted by Crippen LogP contribution is -2.36. The van der Waals surface area contributed by atoms with Gasteiger partial charge >= 0.3 is 6.03 Å². The number of anilines is 1. The van der Waals surface area contributed by atoms with Crippen molar-refractivity contribution in [2.24, 2.45) is 0 Å². The number of urea groups is 1. The molecule has 0 aliphatic carbocycles. The quantitative estimate of drug-likeness (QED) is 0.519. The van der Waals surface area contributed by atoms with Crippen LogP contribution in [0.3, 0.4) is 0 Å². The summed E-state index contributed by atoms with van der Waals surface area (Å²) in [7, 11) is 1.62. The topological polar surface area (TPSA) is 76.6 Å². The fourth-order valence-corrected chi connectivity index (χ4v) is 2.84. The van der Waals surface area contributed by atoms with Gasteiger partial charge in [0.25, 0.3) is 0 Å². The first kappa shape index (κ1) is 21.3. The average molecular weight is 406 g/mol. The molecular formula is C23H26N4O3. The molecule has 0 unspecified atom stereocenters. The number of pyridine rings is 2. The fourth-order valence-electron chi connectivity index (χ4n) is 2.84. The van der Waals surface area contributed by atoms with Gasteiger partial charge in [-0.1, -0.05) is 36.4 Å². The summed E-state index contributed by atoms with van der Waals surface area (Å²) in [6, 6.07) is 17.2. The lowest BCUT2D eigenvalue weighted by molar-refractivity contribution is 0.144. The Morgan fingerprint density at radius 2 is 1.83 bits per heavy atom. The van der Waals surface area contributed by atoms with Crippen LogP contribution in [0.15, 0.2) is 73.2 Å². The highest BCUT2D eigenvalue weighted by Gasteiger charge is 2.15. The van der Waals surface area contributed by atoms with E-state index < -0.39 is 0 Å². The van der Waals surface area contributed by atoms with E-state index in [4.69, 9.17) is 9.47 Å². The van der Waals surface area contributed by atoms with Gasteiger partial charge in [-0.2, -0.15) is 0 Å². The Hall–Kier alpha value is -3.45. The molecule has 7 nitrogen and oxygen atoms in total. The molecule has 30 heavy (non-hydrogen) atoms. The number of amides is 2. The molecule has 1 aromatic carbocycles. The van der Waals surface area contributed by atoms with E-state index in [1.807, 2.05) is 30.3 Å². The Morgan fingerprint density at radius 1 is 1.00 bits per heavy atom. The van der Waals surface area contributed by atoms with Crippen LogP contribution in [-0.4, -0.2) is 47.8 Å². The number of nitrogens with zero attached hydrogens (tertiary/aromatic N) is 3. The van der Waals surface area contributed by atoms with Crippen LogP contribution in [0.5, 0.6) is 5.88 Å². The first-order valence-corrected chi connectivity index (χ1v) is 9.81. The van der Waals surface area contributed by atoms with Gasteiger partial charge in [0.05, 0.1) is 18.5 Å². The second-order valence-electron chi connectivity index (χ2n) is 6.67. The molecule has 0 fully saturated rings. The zero-order valence-electron chi connectivity index (χ0n) is 17.0. The first-order chi connectivity index (χ1) is 14.7. The zero-order valence-corrected chi connectivity index (χ0v) is 17.0. The number of rotatable bonds is 10. The van der Waals surface area contributed by atoms with Crippen LogP contribution in [0.1, 0.15) is 11.1 Å². The molecule has 0 saturated heterocycles.